The van der Waals surface area contributed by atoms with Gasteiger partial charge >= 0.3 is 6.18 Å². The third-order valence-corrected chi connectivity index (χ3v) is 2.97. The lowest BCUT2D eigenvalue weighted by molar-refractivity contribution is -0.137. The highest BCUT2D eigenvalue weighted by atomic mass is 32.1. The second kappa shape index (κ2) is 5.69. The minimum absolute atomic E-state index is 0.113. The van der Waals surface area contributed by atoms with Gasteiger partial charge in [0.05, 0.1) is 11.1 Å². The number of thiocarbonyl (C=S) groups is 1. The van der Waals surface area contributed by atoms with Crippen LogP contribution in [-0.2, 0) is 6.18 Å². The molecule has 21 heavy (non-hydrogen) atoms. The fourth-order valence-corrected chi connectivity index (χ4v) is 1.98. The van der Waals surface area contributed by atoms with Gasteiger partial charge in [-0.1, -0.05) is 12.2 Å². The molecule has 0 radical (unpaired) electrons. The molecule has 0 saturated heterocycles. The van der Waals surface area contributed by atoms with Crippen molar-refractivity contribution in [2.45, 2.75) is 13.1 Å². The van der Waals surface area contributed by atoms with E-state index in [9.17, 15) is 13.2 Å². The molecule has 0 aliphatic rings. The second-order valence-corrected chi connectivity index (χ2v) is 4.74. The van der Waals surface area contributed by atoms with Crippen LogP contribution in [0.5, 0.6) is 11.6 Å². The molecule has 0 spiro atoms. The molecule has 0 atom stereocenters. The molecule has 0 aliphatic heterocycles. The quantitative estimate of drug-likeness (QED) is 0.875. The van der Waals surface area contributed by atoms with E-state index in [1.165, 1.54) is 18.3 Å². The molecule has 1 aromatic carbocycles. The fraction of sp³-hybridized carbons (Fsp3) is 0.143. The van der Waals surface area contributed by atoms with E-state index in [2.05, 4.69) is 4.98 Å². The lowest BCUT2D eigenvalue weighted by Gasteiger charge is -2.12. The molecule has 3 nitrogen and oxygen atoms in total. The van der Waals surface area contributed by atoms with Gasteiger partial charge in [-0.05, 0) is 42.8 Å². The first-order chi connectivity index (χ1) is 9.79. The van der Waals surface area contributed by atoms with Gasteiger partial charge in [0, 0.05) is 6.20 Å². The van der Waals surface area contributed by atoms with Gasteiger partial charge in [0.2, 0.25) is 5.88 Å². The van der Waals surface area contributed by atoms with Gasteiger partial charge in [0.1, 0.15) is 10.7 Å². The van der Waals surface area contributed by atoms with Crippen LogP contribution < -0.4 is 10.5 Å². The van der Waals surface area contributed by atoms with Crippen molar-refractivity contribution in [2.24, 2.45) is 5.73 Å². The molecule has 7 heteroatoms. The smallest absolute Gasteiger partial charge is 0.416 e. The highest BCUT2D eigenvalue weighted by Gasteiger charge is 2.30. The normalized spacial score (nSPS) is 11.2. The first kappa shape index (κ1) is 15.2. The number of hydrogen-bond donors (Lipinski definition) is 1. The van der Waals surface area contributed by atoms with Gasteiger partial charge in [0.15, 0.2) is 0 Å². The summed E-state index contributed by atoms with van der Waals surface area (Å²) in [6, 6.07) is 6.03. The zero-order valence-electron chi connectivity index (χ0n) is 10.9. The Bertz CT molecular complexity index is 669. The lowest BCUT2D eigenvalue weighted by atomic mass is 10.1. The summed E-state index contributed by atoms with van der Waals surface area (Å²) >= 11 is 4.93. The number of pyridine rings is 1. The molecule has 0 aliphatic carbocycles. The summed E-state index contributed by atoms with van der Waals surface area (Å²) in [7, 11) is 0. The van der Waals surface area contributed by atoms with Crippen LogP contribution in [0.4, 0.5) is 13.2 Å². The third kappa shape index (κ3) is 3.49. The van der Waals surface area contributed by atoms with E-state index >= 15 is 0 Å². The predicted octanol–water partition coefficient (Wildman–Crippen LogP) is 3.84. The Morgan fingerprint density at radius 3 is 2.33 bits per heavy atom. The average molecular weight is 312 g/mol. The first-order valence-electron chi connectivity index (χ1n) is 5.89. The fourth-order valence-electron chi connectivity index (χ4n) is 1.73. The third-order valence-electron chi connectivity index (χ3n) is 2.77. The Morgan fingerprint density at radius 1 is 1.19 bits per heavy atom. The van der Waals surface area contributed by atoms with Gasteiger partial charge in [-0.15, -0.1) is 0 Å². The van der Waals surface area contributed by atoms with Gasteiger partial charge in [-0.2, -0.15) is 13.2 Å². The molecular weight excluding hydrogens is 301 g/mol. The molecule has 2 rings (SSSR count). The van der Waals surface area contributed by atoms with Crippen molar-refractivity contribution in [1.82, 2.24) is 4.98 Å². The molecule has 0 fully saturated rings. The van der Waals surface area contributed by atoms with Gasteiger partial charge in [-0.3, -0.25) is 0 Å². The monoisotopic (exact) mass is 312 g/mol. The van der Waals surface area contributed by atoms with E-state index in [0.717, 1.165) is 17.7 Å². The molecule has 2 N–H and O–H groups in total. The zero-order chi connectivity index (χ0) is 15.6. The summed E-state index contributed by atoms with van der Waals surface area (Å²) in [5.41, 5.74) is 6.11. The number of ether oxygens (including phenoxy) is 1. The van der Waals surface area contributed by atoms with Crippen molar-refractivity contribution >= 4 is 17.2 Å². The van der Waals surface area contributed by atoms with Crippen molar-refractivity contribution < 1.29 is 17.9 Å². The van der Waals surface area contributed by atoms with Crippen LogP contribution in [0.2, 0.25) is 0 Å². The van der Waals surface area contributed by atoms with Crippen molar-refractivity contribution in [3.8, 4) is 11.6 Å². The van der Waals surface area contributed by atoms with E-state index in [0.29, 0.717) is 5.56 Å². The first-order valence-corrected chi connectivity index (χ1v) is 6.30. The summed E-state index contributed by atoms with van der Waals surface area (Å²) in [6.45, 7) is 1.79. The topological polar surface area (TPSA) is 48.1 Å². The molecule has 0 saturated carbocycles. The van der Waals surface area contributed by atoms with E-state index in [4.69, 9.17) is 22.7 Å². The van der Waals surface area contributed by atoms with E-state index in [1.807, 2.05) is 0 Å². The molecule has 0 amide bonds. The largest absolute Gasteiger partial charge is 0.438 e. The number of aromatic nitrogens is 1. The summed E-state index contributed by atoms with van der Waals surface area (Å²) in [6.07, 6.45) is -2.87. The number of hydrogen-bond acceptors (Lipinski definition) is 3. The number of aryl methyl sites for hydroxylation is 1. The average Bonchev–Trinajstić information content (AvgIpc) is 2.38. The number of nitrogens with zero attached hydrogens (tertiary/aromatic N) is 1. The molecule has 1 aromatic heterocycles. The Morgan fingerprint density at radius 2 is 1.81 bits per heavy atom. The van der Waals surface area contributed by atoms with Crippen molar-refractivity contribution in [1.29, 1.82) is 0 Å². The van der Waals surface area contributed by atoms with E-state index in [1.54, 1.807) is 13.0 Å². The molecule has 110 valence electrons. The van der Waals surface area contributed by atoms with Crippen LogP contribution in [-0.4, -0.2) is 9.97 Å². The maximum Gasteiger partial charge on any atom is 0.416 e. The Labute approximate surface area is 124 Å². The summed E-state index contributed by atoms with van der Waals surface area (Å²) in [4.78, 5) is 4.13. The minimum atomic E-state index is -4.38. The standard InChI is InChI=1S/C14H11F3N2OS/c1-8-6-7-19-13(11(8)12(18)21)20-10-4-2-9(3-5-10)14(15,16)17/h2-7H,1H3,(H2,18,21). The second-order valence-electron chi connectivity index (χ2n) is 4.30. The molecule has 0 bridgehead atoms. The van der Waals surface area contributed by atoms with Crippen molar-refractivity contribution in [3.05, 3.63) is 53.2 Å². The van der Waals surface area contributed by atoms with Gasteiger partial charge in [-0.25, -0.2) is 4.98 Å². The van der Waals surface area contributed by atoms with Crippen LogP contribution >= 0.6 is 12.2 Å². The Hall–Kier alpha value is -2.15. The van der Waals surface area contributed by atoms with E-state index < -0.39 is 11.7 Å². The minimum Gasteiger partial charge on any atom is -0.438 e. The zero-order valence-corrected chi connectivity index (χ0v) is 11.8. The highest BCUT2D eigenvalue weighted by molar-refractivity contribution is 7.80. The van der Waals surface area contributed by atoms with Gasteiger partial charge in [0.25, 0.3) is 0 Å². The summed E-state index contributed by atoms with van der Waals surface area (Å²) < 4.78 is 42.9. The van der Waals surface area contributed by atoms with Crippen LogP contribution in [0, 0.1) is 6.92 Å². The molecular formula is C14H11F3N2OS. The summed E-state index contributed by atoms with van der Waals surface area (Å²) in [5, 5.41) is 0. The lowest BCUT2D eigenvalue weighted by Crippen LogP contribution is -2.13. The maximum absolute atomic E-state index is 12.5. The number of rotatable bonds is 3. The van der Waals surface area contributed by atoms with Crippen LogP contribution in [0.1, 0.15) is 16.7 Å². The van der Waals surface area contributed by atoms with E-state index in [-0.39, 0.29) is 16.6 Å². The van der Waals surface area contributed by atoms with Crippen molar-refractivity contribution in [2.75, 3.05) is 0 Å². The number of halogens is 3. The maximum atomic E-state index is 12.5. The number of nitrogens with two attached hydrogens (primary N) is 1. The highest BCUT2D eigenvalue weighted by Crippen LogP contribution is 2.31. The van der Waals surface area contributed by atoms with Crippen molar-refractivity contribution in [3.63, 3.8) is 0 Å². The van der Waals surface area contributed by atoms with Crippen LogP contribution in [0.3, 0.4) is 0 Å². The molecule has 2 aromatic rings. The predicted molar refractivity (Wildman–Crippen MR) is 76.4 cm³/mol. The number of alkyl halides is 3. The number of benzene rings is 1. The molecule has 0 unspecified atom stereocenters. The Kier molecular flexibility index (Phi) is 4.13. The van der Waals surface area contributed by atoms with Crippen LogP contribution in [0.25, 0.3) is 0 Å². The Balaban J connectivity index is 2.31. The SMILES string of the molecule is Cc1ccnc(Oc2ccc(C(F)(F)F)cc2)c1C(N)=S. The summed E-state index contributed by atoms with van der Waals surface area (Å²) in [5.74, 6) is 0.390. The van der Waals surface area contributed by atoms with Gasteiger partial charge < -0.3 is 10.5 Å². The molecule has 1 heterocycles. The van der Waals surface area contributed by atoms with Crippen LogP contribution in [0.15, 0.2) is 36.5 Å².